The number of likely N-dealkylation sites (tertiary alicyclic amines) is 2. The van der Waals surface area contributed by atoms with Crippen LogP contribution >= 0.6 is 0 Å². The average Bonchev–Trinajstić information content (AvgIpc) is 1.55. The Bertz CT molecular complexity index is 4270. The molecule has 28 N–H and O–H groups in total. The number of imide groups is 1. The van der Waals surface area contributed by atoms with Crippen LogP contribution in [-0.2, 0) is 99.1 Å². The first-order valence-corrected chi connectivity index (χ1v) is 41.6. The van der Waals surface area contributed by atoms with E-state index in [0.717, 1.165) is 11.8 Å². The number of rotatable bonds is 54. The molecule has 15 amide bonds. The van der Waals surface area contributed by atoms with Crippen LogP contribution in [0, 0.1) is 11.8 Å². The average molecular weight is 1740 g/mol. The number of aromatic nitrogens is 1. The molecule has 0 bridgehead atoms. The van der Waals surface area contributed by atoms with Gasteiger partial charge in [-0.05, 0) is 163 Å². The Hall–Kier alpha value is -12.4. The van der Waals surface area contributed by atoms with Gasteiger partial charge in [0.05, 0.1) is 12.5 Å². The maximum Gasteiger partial charge on any atom is 0.326 e. The number of phenols is 1. The van der Waals surface area contributed by atoms with Gasteiger partial charge in [0.2, 0.25) is 82.7 Å². The van der Waals surface area contributed by atoms with E-state index in [1.165, 1.54) is 29.2 Å². The number of guanidine groups is 1. The van der Waals surface area contributed by atoms with Gasteiger partial charge in [-0.25, -0.2) is 4.79 Å². The molecule has 1 aromatic heterocycles. The minimum atomic E-state index is -2.00. The van der Waals surface area contributed by atoms with Crippen LogP contribution in [0.15, 0.2) is 59.7 Å². The highest BCUT2D eigenvalue weighted by molar-refractivity contribution is 6.05. The number of carbonyl (C=O) groups excluding carboxylic acids is 15. The van der Waals surface area contributed by atoms with Gasteiger partial charge in [0.15, 0.2) is 5.96 Å². The summed E-state index contributed by atoms with van der Waals surface area (Å²) in [6.07, 6.45) is -2.75. The lowest BCUT2D eigenvalue weighted by atomic mass is 10.00. The fourth-order valence-electron chi connectivity index (χ4n) is 14.6. The molecule has 5 rings (SSSR count). The molecule has 2 aliphatic rings. The first-order valence-electron chi connectivity index (χ1n) is 41.6. The summed E-state index contributed by atoms with van der Waals surface area (Å²) in [4.78, 5) is 261. The lowest BCUT2D eigenvalue weighted by Gasteiger charge is -2.35. The number of phenolic OH excluding ortho intramolecular Hbond substituents is 1. The zero-order valence-corrected chi connectivity index (χ0v) is 70.6. The molecular weight excluding hydrogens is 1620 g/mol. The van der Waals surface area contributed by atoms with Crippen LogP contribution in [0.4, 0.5) is 0 Å². The molecule has 2 saturated heterocycles. The molecule has 2 fully saturated rings. The number of unbranched alkanes of at least 4 members (excludes halogenated alkanes) is 2. The van der Waals surface area contributed by atoms with Gasteiger partial charge in [-0.3, -0.25) is 91.4 Å². The fourth-order valence-corrected chi connectivity index (χ4v) is 14.6. The second-order valence-electron chi connectivity index (χ2n) is 31.9. The number of aliphatic carboxylic acids is 3. The van der Waals surface area contributed by atoms with E-state index >= 15 is 19.2 Å². The Kier molecular flexibility index (Phi) is 41.9. The van der Waals surface area contributed by atoms with Crippen molar-refractivity contribution in [2.24, 2.45) is 57.0 Å². The van der Waals surface area contributed by atoms with Crippen LogP contribution in [0.5, 0.6) is 5.75 Å². The number of carboxylic acids is 3. The zero-order chi connectivity index (χ0) is 92.2. The summed E-state index contributed by atoms with van der Waals surface area (Å²) in [6.45, 7) is 7.67. The number of hydrogen-bond donors (Lipinski definition) is 21. The fraction of sp³-hybridized carbons (Fsp3) is 0.593. The monoisotopic (exact) mass is 1740 g/mol. The van der Waals surface area contributed by atoms with Crippen LogP contribution in [-0.4, -0.2) is 264 Å². The Morgan fingerprint density at radius 1 is 0.500 bits per heavy atom. The van der Waals surface area contributed by atoms with Crippen molar-refractivity contribution in [3.63, 3.8) is 0 Å². The molecule has 124 heavy (non-hydrogen) atoms. The Balaban J connectivity index is 1.46. The summed E-state index contributed by atoms with van der Waals surface area (Å²) in [5, 5.41) is 62.6. The Morgan fingerprint density at radius 3 is 1.50 bits per heavy atom. The van der Waals surface area contributed by atoms with Crippen LogP contribution in [0.25, 0.3) is 10.9 Å². The second kappa shape index (κ2) is 50.9. The lowest BCUT2D eigenvalue weighted by Crippen LogP contribution is -2.62. The topological polar surface area (TPSA) is 716 Å². The number of primary amides is 2. The molecule has 0 radical (unpaired) electrons. The normalized spacial score (nSPS) is 16.4. The quantitative estimate of drug-likeness (QED) is 0.0148. The molecular formula is C81H123N21O22. The van der Waals surface area contributed by atoms with Gasteiger partial charge < -0.3 is 123 Å². The number of nitrogens with zero attached hydrogens (tertiary/aromatic N) is 4. The predicted molar refractivity (Wildman–Crippen MR) is 448 cm³/mol. The van der Waals surface area contributed by atoms with E-state index in [0.29, 0.717) is 33.4 Å². The number of carbonyl (C=O) groups is 18. The molecule has 3 aromatic rings. The number of aliphatic imine (C=N–C) groups is 1. The van der Waals surface area contributed by atoms with E-state index in [9.17, 15) is 87.5 Å². The van der Waals surface area contributed by atoms with Crippen molar-refractivity contribution in [2.45, 2.75) is 261 Å². The summed E-state index contributed by atoms with van der Waals surface area (Å²) in [5.74, 6) is -20.2. The number of carboxylic acid groups (broad SMARTS) is 3. The molecule has 0 saturated carbocycles. The summed E-state index contributed by atoms with van der Waals surface area (Å²) in [7, 11) is 0. The third-order valence-electron chi connectivity index (χ3n) is 20.9. The summed E-state index contributed by atoms with van der Waals surface area (Å²) in [6, 6.07) is -8.15. The van der Waals surface area contributed by atoms with Crippen molar-refractivity contribution in [2.75, 3.05) is 32.7 Å². The van der Waals surface area contributed by atoms with Crippen molar-refractivity contribution >= 4 is 123 Å². The van der Waals surface area contributed by atoms with E-state index in [1.807, 2.05) is 0 Å². The summed E-state index contributed by atoms with van der Waals surface area (Å²) < 4.78 is 0. The van der Waals surface area contributed by atoms with Gasteiger partial charge in [0.25, 0.3) is 5.91 Å². The van der Waals surface area contributed by atoms with E-state index in [2.05, 4.69) is 57.8 Å². The Labute approximate surface area is 716 Å². The van der Waals surface area contributed by atoms with Gasteiger partial charge in [0, 0.05) is 75.8 Å². The maximum atomic E-state index is 15.5. The minimum Gasteiger partial charge on any atom is -0.508 e. The maximum absolute atomic E-state index is 15.5. The van der Waals surface area contributed by atoms with Gasteiger partial charge in [-0.15, -0.1) is 0 Å². The standard InChI is InChI=1S/C81H123N21O22/c1-43(2)37-56(95-68(111)50(84)26-30-66(107)108)71(114)96-57(39-46-22-24-48(104)25-23-46)72(115)92-53(28-31-67(109)110)69(112)97-59(41-65(86)106)74(117)93-54(17-8-10-32-82)78(121)101-36-14-21-63(101)79(122)102(45(5)103)62(19-12-34-89-81(87)88)76(119)94-55(18-9-11-33-83)77(120)100-35-13-20-61(100)75(118)98-58(40-47-42-90-51-16-7-6-15-49(47)51)73(116)91-52(27-29-64(85)105)70(113)99-60(80(123)124)38-44(3)4/h6-7,15-16,22-25,42-44,50,52-63,90,104H,8-14,17-21,26-41,82-84H2,1-5H3,(H2,85,105)(H2,86,106)(H,91,116)(H,92,115)(H,93,117)(H,94,119)(H,95,111)(H,96,114)(H,97,112)(H,98,118)(H,99,113)(H,107,108)(H,109,110)(H,123,124)(H4,87,88,89)/t50-,52-,53-,54-,55-,56-,57-,58-,59-,60-,61-,62-,63-/m0/s1. The van der Waals surface area contributed by atoms with Crippen molar-refractivity contribution in [1.29, 1.82) is 0 Å². The van der Waals surface area contributed by atoms with E-state index in [-0.39, 0.29) is 165 Å². The van der Waals surface area contributed by atoms with Gasteiger partial charge >= 0.3 is 17.9 Å². The number of hydrogen-bond acceptors (Lipinski definition) is 23. The van der Waals surface area contributed by atoms with Crippen LogP contribution in [0.3, 0.4) is 0 Å². The third kappa shape index (κ3) is 33.1. The smallest absolute Gasteiger partial charge is 0.326 e. The molecule has 0 unspecified atom stereocenters. The summed E-state index contributed by atoms with van der Waals surface area (Å²) in [5.41, 5.74) is 41.8. The van der Waals surface area contributed by atoms with Crippen LogP contribution in [0.1, 0.15) is 181 Å². The third-order valence-corrected chi connectivity index (χ3v) is 20.9. The highest BCUT2D eigenvalue weighted by Gasteiger charge is 2.47. The molecule has 3 heterocycles. The number of nitrogens with one attached hydrogen (secondary N) is 10. The van der Waals surface area contributed by atoms with Gasteiger partial charge in [-0.1, -0.05) is 58.0 Å². The van der Waals surface area contributed by atoms with E-state index in [4.69, 9.17) is 40.1 Å². The molecule has 684 valence electrons. The van der Waals surface area contributed by atoms with Gasteiger partial charge in [-0.2, -0.15) is 0 Å². The zero-order valence-electron chi connectivity index (χ0n) is 70.6. The van der Waals surface area contributed by atoms with E-state index in [1.54, 1.807) is 58.2 Å². The number of para-hydroxylation sites is 1. The molecule has 0 spiro atoms. The molecule has 2 aromatic carbocycles. The first kappa shape index (κ1) is 102. The second-order valence-corrected chi connectivity index (χ2v) is 31.9. The number of fused-ring (bicyclic) bond motifs is 1. The number of nitrogens with two attached hydrogens (primary N) is 7. The van der Waals surface area contributed by atoms with E-state index < -0.39 is 217 Å². The van der Waals surface area contributed by atoms with Crippen LogP contribution in [0.2, 0.25) is 0 Å². The van der Waals surface area contributed by atoms with Gasteiger partial charge in [0.1, 0.15) is 78.3 Å². The first-order chi connectivity index (χ1) is 58.6. The highest BCUT2D eigenvalue weighted by atomic mass is 16.4. The van der Waals surface area contributed by atoms with Crippen LogP contribution < -0.4 is 88.0 Å². The number of aromatic amines is 1. The number of aromatic hydroxyl groups is 1. The van der Waals surface area contributed by atoms with Crippen molar-refractivity contribution in [1.82, 2.24) is 67.5 Å². The number of H-pyrrole nitrogens is 1. The highest BCUT2D eigenvalue weighted by Crippen LogP contribution is 2.28. The van der Waals surface area contributed by atoms with Crippen molar-refractivity contribution in [3.8, 4) is 5.75 Å². The molecule has 0 aliphatic carbocycles. The minimum absolute atomic E-state index is 0.00542. The molecule has 2 aliphatic heterocycles. The number of benzene rings is 2. The number of amides is 15. The Morgan fingerprint density at radius 2 is 0.968 bits per heavy atom. The summed E-state index contributed by atoms with van der Waals surface area (Å²) >= 11 is 0. The molecule has 13 atom stereocenters. The predicted octanol–water partition coefficient (Wildman–Crippen LogP) is -3.57. The lowest BCUT2D eigenvalue weighted by molar-refractivity contribution is -0.157. The van der Waals surface area contributed by atoms with Crippen molar-refractivity contribution in [3.05, 3.63) is 65.9 Å². The largest absolute Gasteiger partial charge is 0.508 e. The SMILES string of the molecule is CC(=O)N(C(=O)[C@@H]1CCCN1C(=O)[C@H](CCCCN)NC(=O)[C@H](CC(N)=O)NC(=O)[C@H](CCC(=O)O)NC(=O)[C@H](Cc1ccc(O)cc1)NC(=O)[C@H](CC(C)C)NC(=O)[C@@H](N)CCC(=O)O)[C@@H](CCCN=C(N)N)C(=O)N[C@@H](CCCCN)C(=O)N1CCC[C@H]1C(=O)N[C@@H](Cc1c[nH]c2ccccc12)C(=O)N[C@@H](CCC(N)=O)C(=O)N[C@@H](CC(C)C)C(=O)O. The molecule has 43 heteroatoms. The van der Waals surface area contributed by atoms with Crippen molar-refractivity contribution < 1.29 is 107 Å². The molecule has 43 nitrogen and oxygen atoms in total.